The predicted molar refractivity (Wildman–Crippen MR) is 71.5 cm³/mol. The number of methoxy groups -OCH3 is 1. The third kappa shape index (κ3) is 3.00. The molecule has 0 saturated heterocycles. The maximum Gasteiger partial charge on any atom is 0.118 e. The van der Waals surface area contributed by atoms with E-state index < -0.39 is 0 Å². The first kappa shape index (κ1) is 11.5. The molecule has 88 valence electrons. The second-order valence-corrected chi connectivity index (χ2v) is 4.04. The lowest BCUT2D eigenvalue weighted by molar-refractivity contribution is 0.414. The molecule has 0 aliphatic heterocycles. The average molecular weight is 227 g/mol. The molecule has 0 atom stereocenters. The van der Waals surface area contributed by atoms with E-state index in [0.717, 1.165) is 12.3 Å². The summed E-state index contributed by atoms with van der Waals surface area (Å²) in [5, 5.41) is 0. The number of rotatable bonds is 4. The van der Waals surface area contributed by atoms with E-state index in [0.29, 0.717) is 0 Å². The van der Waals surface area contributed by atoms with Crippen molar-refractivity contribution in [1.82, 2.24) is 0 Å². The van der Waals surface area contributed by atoms with Crippen LogP contribution in [0.2, 0.25) is 0 Å². The van der Waals surface area contributed by atoms with Crippen molar-refractivity contribution in [3.63, 3.8) is 0 Å². The van der Waals surface area contributed by atoms with Crippen LogP contribution in [0.1, 0.15) is 5.56 Å². The van der Waals surface area contributed by atoms with Crippen molar-refractivity contribution in [2.24, 2.45) is 0 Å². The summed E-state index contributed by atoms with van der Waals surface area (Å²) in [6.07, 6.45) is 0. The van der Waals surface area contributed by atoms with Crippen LogP contribution in [-0.4, -0.2) is 14.2 Å². The van der Waals surface area contributed by atoms with Crippen LogP contribution in [0.25, 0.3) is 0 Å². The van der Waals surface area contributed by atoms with Gasteiger partial charge in [-0.05, 0) is 29.8 Å². The Morgan fingerprint density at radius 2 is 1.59 bits per heavy atom. The molecule has 0 spiro atoms. The number of benzene rings is 2. The van der Waals surface area contributed by atoms with Gasteiger partial charge in [-0.25, -0.2) is 0 Å². The summed E-state index contributed by atoms with van der Waals surface area (Å²) >= 11 is 0. The molecule has 2 heteroatoms. The number of para-hydroxylation sites is 1. The molecule has 0 aromatic heterocycles. The van der Waals surface area contributed by atoms with Gasteiger partial charge < -0.3 is 9.64 Å². The van der Waals surface area contributed by atoms with Gasteiger partial charge in [0.1, 0.15) is 5.75 Å². The minimum atomic E-state index is 0.897. The van der Waals surface area contributed by atoms with Crippen LogP contribution in [0.3, 0.4) is 0 Å². The van der Waals surface area contributed by atoms with Gasteiger partial charge >= 0.3 is 0 Å². The molecule has 0 radical (unpaired) electrons. The van der Waals surface area contributed by atoms with E-state index >= 15 is 0 Å². The van der Waals surface area contributed by atoms with Crippen LogP contribution in [0.5, 0.6) is 5.75 Å². The van der Waals surface area contributed by atoms with E-state index in [1.165, 1.54) is 11.3 Å². The summed E-state index contributed by atoms with van der Waals surface area (Å²) in [6.45, 7) is 0.897. The molecule has 2 aromatic carbocycles. The summed E-state index contributed by atoms with van der Waals surface area (Å²) in [4.78, 5) is 2.22. The Morgan fingerprint density at radius 1 is 0.941 bits per heavy atom. The first-order chi connectivity index (χ1) is 8.29. The van der Waals surface area contributed by atoms with Gasteiger partial charge in [-0.2, -0.15) is 0 Å². The minimum Gasteiger partial charge on any atom is -0.497 e. The van der Waals surface area contributed by atoms with Gasteiger partial charge in [0.15, 0.2) is 0 Å². The van der Waals surface area contributed by atoms with Gasteiger partial charge in [-0.15, -0.1) is 0 Å². The summed E-state index contributed by atoms with van der Waals surface area (Å²) in [7, 11) is 3.78. The number of hydrogen-bond acceptors (Lipinski definition) is 2. The zero-order chi connectivity index (χ0) is 12.1. The van der Waals surface area contributed by atoms with E-state index in [-0.39, 0.29) is 0 Å². The van der Waals surface area contributed by atoms with E-state index in [4.69, 9.17) is 4.74 Å². The van der Waals surface area contributed by atoms with Crippen molar-refractivity contribution in [3.8, 4) is 5.75 Å². The Morgan fingerprint density at radius 3 is 2.18 bits per heavy atom. The summed E-state index contributed by atoms with van der Waals surface area (Å²) < 4.78 is 5.15. The molecular weight excluding hydrogens is 210 g/mol. The van der Waals surface area contributed by atoms with E-state index in [1.54, 1.807) is 7.11 Å². The molecule has 0 saturated carbocycles. The maximum atomic E-state index is 5.15. The molecule has 0 amide bonds. The number of hydrogen-bond donors (Lipinski definition) is 0. The predicted octanol–water partition coefficient (Wildman–Crippen LogP) is 3.33. The fourth-order valence-electron chi connectivity index (χ4n) is 1.78. The Bertz CT molecular complexity index is 450. The lowest BCUT2D eigenvalue weighted by atomic mass is 10.2. The summed E-state index contributed by atoms with van der Waals surface area (Å²) in [5.74, 6) is 0.899. The third-order valence-corrected chi connectivity index (χ3v) is 2.78. The number of anilines is 1. The Hall–Kier alpha value is -1.96. The quantitative estimate of drug-likeness (QED) is 0.794. The zero-order valence-electron chi connectivity index (χ0n) is 10.3. The molecule has 0 unspecified atom stereocenters. The zero-order valence-corrected chi connectivity index (χ0v) is 10.3. The first-order valence-electron chi connectivity index (χ1n) is 5.69. The molecule has 0 N–H and O–H groups in total. The normalized spacial score (nSPS) is 10.0. The van der Waals surface area contributed by atoms with Gasteiger partial charge in [-0.1, -0.05) is 30.3 Å². The van der Waals surface area contributed by atoms with Crippen molar-refractivity contribution in [3.05, 3.63) is 60.2 Å². The fraction of sp³-hybridized carbons (Fsp3) is 0.200. The van der Waals surface area contributed by atoms with Crippen LogP contribution < -0.4 is 9.64 Å². The largest absolute Gasteiger partial charge is 0.497 e. The highest BCUT2D eigenvalue weighted by atomic mass is 16.5. The van der Waals surface area contributed by atoms with Gasteiger partial charge in [0.2, 0.25) is 0 Å². The summed E-state index contributed by atoms with van der Waals surface area (Å²) in [6, 6.07) is 18.6. The average Bonchev–Trinajstić information content (AvgIpc) is 2.40. The van der Waals surface area contributed by atoms with Crippen molar-refractivity contribution in [1.29, 1.82) is 0 Å². The molecule has 0 aliphatic rings. The third-order valence-electron chi connectivity index (χ3n) is 2.78. The lowest BCUT2D eigenvalue weighted by Gasteiger charge is -2.19. The lowest BCUT2D eigenvalue weighted by Crippen LogP contribution is -2.15. The molecule has 0 fully saturated rings. The van der Waals surface area contributed by atoms with Crippen LogP contribution >= 0.6 is 0 Å². The smallest absolute Gasteiger partial charge is 0.118 e. The first-order valence-corrected chi connectivity index (χ1v) is 5.69. The fourth-order valence-corrected chi connectivity index (χ4v) is 1.78. The highest BCUT2D eigenvalue weighted by Gasteiger charge is 2.01. The highest BCUT2D eigenvalue weighted by Crippen LogP contribution is 2.16. The number of nitrogens with zero attached hydrogens (tertiary/aromatic N) is 1. The molecule has 2 aromatic rings. The SMILES string of the molecule is COc1ccc(CN(C)c2ccccc2)cc1. The molecule has 17 heavy (non-hydrogen) atoms. The monoisotopic (exact) mass is 227 g/mol. The Kier molecular flexibility index (Phi) is 3.66. The van der Waals surface area contributed by atoms with Gasteiger partial charge in [-0.3, -0.25) is 0 Å². The van der Waals surface area contributed by atoms with Crippen molar-refractivity contribution < 1.29 is 4.74 Å². The van der Waals surface area contributed by atoms with Gasteiger partial charge in [0.05, 0.1) is 7.11 Å². The molecule has 0 bridgehead atoms. The maximum absolute atomic E-state index is 5.15. The van der Waals surface area contributed by atoms with Crippen molar-refractivity contribution in [2.75, 3.05) is 19.1 Å². The second kappa shape index (κ2) is 5.39. The topological polar surface area (TPSA) is 12.5 Å². The summed E-state index contributed by atoms with van der Waals surface area (Å²) in [5.41, 5.74) is 2.50. The number of ether oxygens (including phenoxy) is 1. The minimum absolute atomic E-state index is 0.897. The van der Waals surface area contributed by atoms with Crippen molar-refractivity contribution >= 4 is 5.69 Å². The molecule has 0 aliphatic carbocycles. The standard InChI is InChI=1S/C15H17NO/c1-16(14-6-4-3-5-7-14)12-13-8-10-15(17-2)11-9-13/h3-11H,12H2,1-2H3. The van der Waals surface area contributed by atoms with E-state index in [1.807, 2.05) is 18.2 Å². The second-order valence-electron chi connectivity index (χ2n) is 4.04. The van der Waals surface area contributed by atoms with E-state index in [2.05, 4.69) is 48.3 Å². The van der Waals surface area contributed by atoms with Crippen LogP contribution in [-0.2, 0) is 6.54 Å². The molecular formula is C15H17NO. The Labute approximate surface area is 102 Å². The van der Waals surface area contributed by atoms with Crippen LogP contribution in [0.15, 0.2) is 54.6 Å². The molecule has 2 rings (SSSR count). The van der Waals surface area contributed by atoms with Gasteiger partial charge in [0.25, 0.3) is 0 Å². The highest BCUT2D eigenvalue weighted by molar-refractivity contribution is 5.45. The van der Waals surface area contributed by atoms with Crippen molar-refractivity contribution in [2.45, 2.75) is 6.54 Å². The van der Waals surface area contributed by atoms with E-state index in [9.17, 15) is 0 Å². The van der Waals surface area contributed by atoms with Gasteiger partial charge in [0, 0.05) is 19.3 Å². The Balaban J connectivity index is 2.05. The molecule has 0 heterocycles. The van der Waals surface area contributed by atoms with Crippen LogP contribution in [0, 0.1) is 0 Å². The van der Waals surface area contributed by atoms with Crippen LogP contribution in [0.4, 0.5) is 5.69 Å². The molecule has 2 nitrogen and oxygen atoms in total.